The second-order valence-electron chi connectivity index (χ2n) is 3.94. The zero-order valence-electron chi connectivity index (χ0n) is 9.88. The van der Waals surface area contributed by atoms with Gasteiger partial charge < -0.3 is 5.32 Å². The highest BCUT2D eigenvalue weighted by atomic mass is 19.1. The number of benzene rings is 1. The van der Waals surface area contributed by atoms with Crippen LogP contribution in [-0.4, -0.2) is 10.9 Å². The molecule has 0 aliphatic carbocycles. The molecule has 3 nitrogen and oxygen atoms in total. The fraction of sp³-hybridized carbons (Fsp3) is 0.0769. The molecule has 0 saturated heterocycles. The summed E-state index contributed by atoms with van der Waals surface area (Å²) in [5.74, 6) is -3.39. The number of amides is 1. The Bertz CT molecular complexity index is 624. The van der Waals surface area contributed by atoms with Crippen LogP contribution in [0.25, 0.3) is 0 Å². The fourth-order valence-corrected chi connectivity index (χ4v) is 1.57. The van der Waals surface area contributed by atoms with Crippen LogP contribution < -0.4 is 5.32 Å². The summed E-state index contributed by atoms with van der Waals surface area (Å²) in [6, 6.07) is 5.69. The van der Waals surface area contributed by atoms with E-state index in [-0.39, 0.29) is 11.3 Å². The monoisotopic (exact) mass is 266 g/mol. The predicted molar refractivity (Wildman–Crippen MR) is 63.2 cm³/mol. The molecule has 6 heteroatoms. The van der Waals surface area contributed by atoms with Crippen LogP contribution in [-0.2, 0) is 0 Å². The minimum absolute atomic E-state index is 0.0428. The van der Waals surface area contributed by atoms with Gasteiger partial charge in [0.1, 0.15) is 5.82 Å². The lowest BCUT2D eigenvalue weighted by molar-refractivity contribution is 0.102. The fourth-order valence-electron chi connectivity index (χ4n) is 1.57. The summed E-state index contributed by atoms with van der Waals surface area (Å²) in [7, 11) is 0. The van der Waals surface area contributed by atoms with Crippen LogP contribution in [0.3, 0.4) is 0 Å². The molecule has 2 rings (SSSR count). The van der Waals surface area contributed by atoms with E-state index >= 15 is 0 Å². The summed E-state index contributed by atoms with van der Waals surface area (Å²) in [5, 5.41) is 2.20. The highest BCUT2D eigenvalue weighted by Gasteiger charge is 2.12. The quantitative estimate of drug-likeness (QED) is 0.849. The Morgan fingerprint density at radius 1 is 1.16 bits per heavy atom. The lowest BCUT2D eigenvalue weighted by Crippen LogP contribution is -2.14. The maximum atomic E-state index is 13.2. The third-order valence-electron chi connectivity index (χ3n) is 2.37. The van der Waals surface area contributed by atoms with Crippen LogP contribution in [0.5, 0.6) is 0 Å². The number of hydrogen-bond acceptors (Lipinski definition) is 2. The SMILES string of the molecule is Cc1cc(F)cc(C(=O)Nc2ccc(F)nc2F)c1. The van der Waals surface area contributed by atoms with Crippen LogP contribution >= 0.6 is 0 Å². The van der Waals surface area contributed by atoms with Gasteiger partial charge in [-0.25, -0.2) is 4.39 Å². The third kappa shape index (κ3) is 3.09. The molecule has 0 fully saturated rings. The third-order valence-corrected chi connectivity index (χ3v) is 2.37. The molecule has 0 spiro atoms. The number of nitrogens with zero attached hydrogens (tertiary/aromatic N) is 1. The van der Waals surface area contributed by atoms with E-state index in [9.17, 15) is 18.0 Å². The number of rotatable bonds is 2. The average molecular weight is 266 g/mol. The molecule has 1 heterocycles. The normalized spacial score (nSPS) is 10.3. The van der Waals surface area contributed by atoms with Crippen molar-refractivity contribution in [1.29, 1.82) is 0 Å². The molecule has 0 atom stereocenters. The Balaban J connectivity index is 2.25. The lowest BCUT2D eigenvalue weighted by Gasteiger charge is -2.06. The van der Waals surface area contributed by atoms with Crippen molar-refractivity contribution in [3.05, 3.63) is 59.2 Å². The predicted octanol–water partition coefficient (Wildman–Crippen LogP) is 3.06. The van der Waals surface area contributed by atoms with Crippen molar-refractivity contribution < 1.29 is 18.0 Å². The first-order chi connectivity index (χ1) is 8.95. The topological polar surface area (TPSA) is 42.0 Å². The number of pyridine rings is 1. The van der Waals surface area contributed by atoms with Crippen molar-refractivity contribution in [1.82, 2.24) is 4.98 Å². The van der Waals surface area contributed by atoms with Gasteiger partial charge in [0.05, 0.1) is 5.69 Å². The molecule has 0 aliphatic heterocycles. The van der Waals surface area contributed by atoms with E-state index < -0.39 is 23.6 Å². The summed E-state index contributed by atoms with van der Waals surface area (Å²) >= 11 is 0. The Labute approximate surface area is 107 Å². The number of halogens is 3. The zero-order chi connectivity index (χ0) is 14.0. The van der Waals surface area contributed by atoms with Crippen LogP contribution in [0.4, 0.5) is 18.9 Å². The maximum Gasteiger partial charge on any atom is 0.255 e. The summed E-state index contributed by atoms with van der Waals surface area (Å²) in [4.78, 5) is 14.7. The number of aromatic nitrogens is 1. The highest BCUT2D eigenvalue weighted by Crippen LogP contribution is 2.15. The summed E-state index contributed by atoms with van der Waals surface area (Å²) in [6.45, 7) is 1.62. The number of aryl methyl sites for hydroxylation is 1. The molecule has 0 aliphatic rings. The van der Waals surface area contributed by atoms with Crippen LogP contribution in [0.1, 0.15) is 15.9 Å². The van der Waals surface area contributed by atoms with Crippen LogP contribution in [0, 0.1) is 24.6 Å². The lowest BCUT2D eigenvalue weighted by atomic mass is 10.1. The number of anilines is 1. The Morgan fingerprint density at radius 2 is 1.89 bits per heavy atom. The number of nitrogens with one attached hydrogen (secondary N) is 1. The van der Waals surface area contributed by atoms with Gasteiger partial charge in [-0.1, -0.05) is 0 Å². The van der Waals surface area contributed by atoms with Gasteiger partial charge in [0.15, 0.2) is 0 Å². The minimum atomic E-state index is -1.14. The van der Waals surface area contributed by atoms with Gasteiger partial charge >= 0.3 is 0 Å². The second kappa shape index (κ2) is 5.09. The van der Waals surface area contributed by atoms with E-state index in [1.807, 2.05) is 0 Å². The maximum absolute atomic E-state index is 13.2. The van der Waals surface area contributed by atoms with E-state index in [1.54, 1.807) is 6.92 Å². The van der Waals surface area contributed by atoms with E-state index in [1.165, 1.54) is 12.1 Å². The molecule has 98 valence electrons. The van der Waals surface area contributed by atoms with Gasteiger partial charge in [-0.2, -0.15) is 13.8 Å². The van der Waals surface area contributed by atoms with Gasteiger partial charge in [-0.15, -0.1) is 0 Å². The molecule has 2 aromatic rings. The first-order valence-electron chi connectivity index (χ1n) is 5.36. The van der Waals surface area contributed by atoms with Gasteiger partial charge in [0, 0.05) is 5.56 Å². The van der Waals surface area contributed by atoms with Crippen molar-refractivity contribution in [2.24, 2.45) is 0 Å². The van der Waals surface area contributed by atoms with Gasteiger partial charge in [-0.3, -0.25) is 4.79 Å². The van der Waals surface area contributed by atoms with Crippen molar-refractivity contribution >= 4 is 11.6 Å². The second-order valence-corrected chi connectivity index (χ2v) is 3.94. The molecule has 0 unspecified atom stereocenters. The van der Waals surface area contributed by atoms with Gasteiger partial charge in [-0.05, 0) is 42.8 Å². The summed E-state index contributed by atoms with van der Waals surface area (Å²) in [5.41, 5.74) is 0.331. The van der Waals surface area contributed by atoms with Crippen LogP contribution in [0.15, 0.2) is 30.3 Å². The molecule has 19 heavy (non-hydrogen) atoms. The molecule has 1 aromatic carbocycles. The molecular weight excluding hydrogens is 257 g/mol. The molecule has 0 saturated carbocycles. The number of carbonyl (C=O) groups is 1. The Morgan fingerprint density at radius 3 is 2.53 bits per heavy atom. The van der Waals surface area contributed by atoms with Crippen molar-refractivity contribution in [2.45, 2.75) is 6.92 Å². The van der Waals surface area contributed by atoms with Gasteiger partial charge in [0.25, 0.3) is 5.91 Å². The number of hydrogen-bond donors (Lipinski definition) is 1. The molecule has 1 aromatic heterocycles. The molecule has 0 bridgehead atoms. The van der Waals surface area contributed by atoms with E-state index in [4.69, 9.17) is 0 Å². The standard InChI is InChI=1S/C13H9F3N2O/c1-7-4-8(6-9(14)5-7)13(19)17-10-2-3-11(15)18-12(10)16/h2-6H,1H3,(H,17,19). The number of carbonyl (C=O) groups excluding carboxylic acids is 1. The zero-order valence-corrected chi connectivity index (χ0v) is 9.88. The largest absolute Gasteiger partial charge is 0.318 e. The molecular formula is C13H9F3N2O. The minimum Gasteiger partial charge on any atom is -0.318 e. The highest BCUT2D eigenvalue weighted by molar-refractivity contribution is 6.04. The van der Waals surface area contributed by atoms with Crippen molar-refractivity contribution in [3.63, 3.8) is 0 Å². The van der Waals surface area contributed by atoms with Crippen LogP contribution in [0.2, 0.25) is 0 Å². The molecule has 1 amide bonds. The molecule has 1 N–H and O–H groups in total. The van der Waals surface area contributed by atoms with E-state index in [0.717, 1.165) is 18.2 Å². The van der Waals surface area contributed by atoms with E-state index in [0.29, 0.717) is 5.56 Å². The summed E-state index contributed by atoms with van der Waals surface area (Å²) < 4.78 is 39.0. The summed E-state index contributed by atoms with van der Waals surface area (Å²) in [6.07, 6.45) is 0. The van der Waals surface area contributed by atoms with Gasteiger partial charge in [0.2, 0.25) is 11.9 Å². The Kier molecular flexibility index (Phi) is 3.50. The first kappa shape index (κ1) is 13.1. The first-order valence-corrected chi connectivity index (χ1v) is 5.36. The average Bonchev–Trinajstić information content (AvgIpc) is 2.31. The smallest absolute Gasteiger partial charge is 0.255 e. The Hall–Kier alpha value is -2.37. The van der Waals surface area contributed by atoms with Crippen molar-refractivity contribution in [2.75, 3.05) is 5.32 Å². The van der Waals surface area contributed by atoms with E-state index in [2.05, 4.69) is 10.3 Å². The van der Waals surface area contributed by atoms with Crippen molar-refractivity contribution in [3.8, 4) is 0 Å². The molecule has 0 radical (unpaired) electrons.